The Morgan fingerprint density at radius 3 is 2.82 bits per heavy atom. The highest BCUT2D eigenvalue weighted by Crippen LogP contribution is 2.00. The number of unbranched alkanes of at least 4 members (excludes halogenated alkanes) is 1. The van der Waals surface area contributed by atoms with Crippen LogP contribution in [0.4, 0.5) is 0 Å². The van der Waals surface area contributed by atoms with Gasteiger partial charge in [0, 0.05) is 6.54 Å². The molecule has 3 heteroatoms. The van der Waals surface area contributed by atoms with Gasteiger partial charge < -0.3 is 10.1 Å². The highest BCUT2D eigenvalue weighted by atomic mass is 32.1. The van der Waals surface area contributed by atoms with Gasteiger partial charge in [0.15, 0.2) is 0 Å². The number of thiocarbonyl (C=S) groups is 1. The Kier molecular flexibility index (Phi) is 7.07. The van der Waals surface area contributed by atoms with Gasteiger partial charge in [-0.2, -0.15) is 0 Å². The third kappa shape index (κ3) is 6.74. The maximum absolute atomic E-state index is 5.34. The first-order valence-electron chi connectivity index (χ1n) is 5.95. The normalized spacial score (nSPS) is 10.4. The Balaban J connectivity index is 2.15. The molecule has 92 valence electrons. The van der Waals surface area contributed by atoms with Crippen LogP contribution in [0.2, 0.25) is 0 Å². The topological polar surface area (TPSA) is 21.3 Å². The Hall–Kier alpha value is -1.35. The molecule has 0 unspecified atom stereocenters. The van der Waals surface area contributed by atoms with E-state index in [0.29, 0.717) is 11.8 Å². The van der Waals surface area contributed by atoms with Crippen LogP contribution >= 0.6 is 12.2 Å². The van der Waals surface area contributed by atoms with Crippen molar-refractivity contribution in [3.05, 3.63) is 42.0 Å². The quantitative estimate of drug-likeness (QED) is 0.617. The second kappa shape index (κ2) is 8.76. The lowest BCUT2D eigenvalue weighted by molar-refractivity contribution is 0.342. The molecule has 0 aliphatic carbocycles. The molecule has 0 saturated carbocycles. The Morgan fingerprint density at radius 1 is 1.35 bits per heavy atom. The molecule has 1 aromatic carbocycles. The molecule has 2 nitrogen and oxygen atoms in total. The standard InChI is InChI=1S/C14H19NOS/c1-2-3-11-15-14(17)16-12-7-10-13-8-5-4-6-9-13/h4-10H,2-3,11-12H2,1H3,(H,15,17)/b10-7+. The van der Waals surface area contributed by atoms with Crippen molar-refractivity contribution in [3.63, 3.8) is 0 Å². The average molecular weight is 249 g/mol. The van der Waals surface area contributed by atoms with Gasteiger partial charge in [0.25, 0.3) is 5.17 Å². The number of ether oxygens (including phenoxy) is 1. The molecule has 0 radical (unpaired) electrons. The van der Waals surface area contributed by atoms with Crippen LogP contribution < -0.4 is 5.32 Å². The van der Waals surface area contributed by atoms with Gasteiger partial charge >= 0.3 is 0 Å². The van der Waals surface area contributed by atoms with E-state index in [0.717, 1.165) is 19.4 Å². The second-order valence-electron chi connectivity index (χ2n) is 3.69. The van der Waals surface area contributed by atoms with Crippen molar-refractivity contribution in [1.29, 1.82) is 0 Å². The number of hydrogen-bond donors (Lipinski definition) is 1. The molecule has 0 heterocycles. The zero-order chi connectivity index (χ0) is 12.3. The third-order valence-corrected chi connectivity index (χ3v) is 2.48. The number of nitrogens with one attached hydrogen (secondary N) is 1. The summed E-state index contributed by atoms with van der Waals surface area (Å²) in [5.41, 5.74) is 1.17. The van der Waals surface area contributed by atoms with Crippen LogP contribution in [0.5, 0.6) is 0 Å². The summed E-state index contributed by atoms with van der Waals surface area (Å²) in [6.07, 6.45) is 6.25. The number of hydrogen-bond acceptors (Lipinski definition) is 2. The van der Waals surface area contributed by atoms with E-state index in [1.165, 1.54) is 5.56 Å². The van der Waals surface area contributed by atoms with Crippen molar-refractivity contribution in [3.8, 4) is 0 Å². The molecule has 1 N–H and O–H groups in total. The van der Waals surface area contributed by atoms with E-state index in [1.807, 2.05) is 42.5 Å². The predicted molar refractivity (Wildman–Crippen MR) is 76.9 cm³/mol. The van der Waals surface area contributed by atoms with E-state index in [1.54, 1.807) is 0 Å². The van der Waals surface area contributed by atoms with E-state index in [9.17, 15) is 0 Å². The molecule has 0 bridgehead atoms. The molecule has 1 aromatic rings. The summed E-state index contributed by atoms with van der Waals surface area (Å²) in [6, 6.07) is 10.1. The van der Waals surface area contributed by atoms with Gasteiger partial charge in [-0.25, -0.2) is 0 Å². The fraction of sp³-hybridized carbons (Fsp3) is 0.357. The zero-order valence-electron chi connectivity index (χ0n) is 10.2. The van der Waals surface area contributed by atoms with Gasteiger partial charge in [-0.3, -0.25) is 0 Å². The van der Waals surface area contributed by atoms with Gasteiger partial charge in [0.1, 0.15) is 6.61 Å². The first-order valence-corrected chi connectivity index (χ1v) is 6.36. The summed E-state index contributed by atoms with van der Waals surface area (Å²) in [5, 5.41) is 3.54. The van der Waals surface area contributed by atoms with Gasteiger partial charge in [-0.15, -0.1) is 0 Å². The van der Waals surface area contributed by atoms with Gasteiger partial charge in [0.05, 0.1) is 0 Å². The lowest BCUT2D eigenvalue weighted by Gasteiger charge is -2.06. The van der Waals surface area contributed by atoms with Crippen molar-refractivity contribution in [1.82, 2.24) is 5.32 Å². The fourth-order valence-corrected chi connectivity index (χ4v) is 1.46. The Labute approximate surface area is 109 Å². The minimum Gasteiger partial charge on any atom is -0.467 e. The SMILES string of the molecule is CCCCNC(=S)OC/C=C/c1ccccc1. The van der Waals surface area contributed by atoms with Crippen molar-refractivity contribution < 1.29 is 4.74 Å². The number of rotatable bonds is 6. The summed E-state index contributed by atoms with van der Waals surface area (Å²) in [7, 11) is 0. The molecule has 0 amide bonds. The molecule has 0 aromatic heterocycles. The van der Waals surface area contributed by atoms with Crippen molar-refractivity contribution in [2.24, 2.45) is 0 Å². The van der Waals surface area contributed by atoms with E-state index >= 15 is 0 Å². The Bertz CT molecular complexity index is 348. The largest absolute Gasteiger partial charge is 0.467 e. The molecule has 0 aliphatic rings. The van der Waals surface area contributed by atoms with Crippen LogP contribution in [0.25, 0.3) is 6.08 Å². The minimum absolute atomic E-state index is 0.483. The molecule has 1 rings (SSSR count). The van der Waals surface area contributed by atoms with Crippen molar-refractivity contribution in [2.45, 2.75) is 19.8 Å². The molecule has 0 saturated heterocycles. The molecule has 0 aliphatic heterocycles. The average Bonchev–Trinajstić information content (AvgIpc) is 2.36. The molecule has 0 atom stereocenters. The first kappa shape index (κ1) is 13.7. The molecule has 17 heavy (non-hydrogen) atoms. The summed E-state index contributed by atoms with van der Waals surface area (Å²) in [6.45, 7) is 3.54. The van der Waals surface area contributed by atoms with Gasteiger partial charge in [-0.05, 0) is 30.3 Å². The Morgan fingerprint density at radius 2 is 2.12 bits per heavy atom. The maximum atomic E-state index is 5.34. The lowest BCUT2D eigenvalue weighted by atomic mass is 10.2. The van der Waals surface area contributed by atoms with E-state index in [4.69, 9.17) is 17.0 Å². The van der Waals surface area contributed by atoms with E-state index in [-0.39, 0.29) is 0 Å². The van der Waals surface area contributed by atoms with Crippen LogP contribution in [0.1, 0.15) is 25.3 Å². The van der Waals surface area contributed by atoms with E-state index < -0.39 is 0 Å². The van der Waals surface area contributed by atoms with Gasteiger partial charge in [-0.1, -0.05) is 49.8 Å². The van der Waals surface area contributed by atoms with Crippen LogP contribution in [-0.2, 0) is 4.74 Å². The van der Waals surface area contributed by atoms with E-state index in [2.05, 4.69) is 12.2 Å². The van der Waals surface area contributed by atoms with Crippen LogP contribution in [0.3, 0.4) is 0 Å². The van der Waals surface area contributed by atoms with Crippen LogP contribution in [-0.4, -0.2) is 18.3 Å². The minimum atomic E-state index is 0.483. The van der Waals surface area contributed by atoms with Crippen molar-refractivity contribution in [2.75, 3.05) is 13.2 Å². The van der Waals surface area contributed by atoms with Crippen molar-refractivity contribution >= 4 is 23.5 Å². The smallest absolute Gasteiger partial charge is 0.256 e. The number of benzene rings is 1. The van der Waals surface area contributed by atoms with Crippen LogP contribution in [0.15, 0.2) is 36.4 Å². The van der Waals surface area contributed by atoms with Gasteiger partial charge in [0.2, 0.25) is 0 Å². The fourth-order valence-electron chi connectivity index (χ4n) is 1.29. The molecule has 0 spiro atoms. The second-order valence-corrected chi connectivity index (χ2v) is 4.06. The molecule has 0 fully saturated rings. The maximum Gasteiger partial charge on any atom is 0.256 e. The molecular formula is C14H19NOS. The highest BCUT2D eigenvalue weighted by Gasteiger charge is 1.93. The van der Waals surface area contributed by atoms with Crippen LogP contribution in [0, 0.1) is 0 Å². The summed E-state index contributed by atoms with van der Waals surface area (Å²) in [4.78, 5) is 0. The highest BCUT2D eigenvalue weighted by molar-refractivity contribution is 7.80. The monoisotopic (exact) mass is 249 g/mol. The summed E-state index contributed by atoms with van der Waals surface area (Å²) in [5.74, 6) is 0. The lowest BCUT2D eigenvalue weighted by Crippen LogP contribution is -2.24. The zero-order valence-corrected chi connectivity index (χ0v) is 11.0. The summed E-state index contributed by atoms with van der Waals surface area (Å²) < 4.78 is 5.34. The predicted octanol–water partition coefficient (Wildman–Crippen LogP) is 3.39. The first-order chi connectivity index (χ1) is 8.33. The molecular weight excluding hydrogens is 230 g/mol. The summed E-state index contributed by atoms with van der Waals surface area (Å²) >= 11 is 5.03. The third-order valence-electron chi connectivity index (χ3n) is 2.22.